The van der Waals surface area contributed by atoms with Gasteiger partial charge in [0.2, 0.25) is 5.91 Å². The molecule has 0 unspecified atom stereocenters. The molecule has 0 aromatic heterocycles. The Morgan fingerprint density at radius 1 is 1.19 bits per heavy atom. The Labute approximate surface area is 137 Å². The summed E-state index contributed by atoms with van der Waals surface area (Å²) >= 11 is 11.8. The maximum absolute atomic E-state index is 11.6. The van der Waals surface area contributed by atoms with Crippen LogP contribution in [-0.2, 0) is 4.79 Å². The molecular formula is C16H23Cl2NO2. The zero-order chi connectivity index (χ0) is 15.5. The van der Waals surface area contributed by atoms with E-state index >= 15 is 0 Å². The van der Waals surface area contributed by atoms with E-state index in [4.69, 9.17) is 27.9 Å². The molecule has 0 radical (unpaired) electrons. The minimum atomic E-state index is 0.0808. The second kappa shape index (κ2) is 10.7. The minimum absolute atomic E-state index is 0.0808. The van der Waals surface area contributed by atoms with Crippen molar-refractivity contribution in [2.75, 3.05) is 13.2 Å². The van der Waals surface area contributed by atoms with Crippen molar-refractivity contribution in [3.8, 4) is 5.75 Å². The molecule has 0 saturated carbocycles. The lowest BCUT2D eigenvalue weighted by Crippen LogP contribution is -2.24. The van der Waals surface area contributed by atoms with Crippen molar-refractivity contribution in [1.82, 2.24) is 5.32 Å². The van der Waals surface area contributed by atoms with Gasteiger partial charge in [0.15, 0.2) is 0 Å². The van der Waals surface area contributed by atoms with Gasteiger partial charge < -0.3 is 10.1 Å². The molecule has 0 bridgehead atoms. The lowest BCUT2D eigenvalue weighted by Gasteiger charge is -2.08. The van der Waals surface area contributed by atoms with E-state index in [2.05, 4.69) is 12.2 Å². The Kier molecular flexibility index (Phi) is 9.27. The lowest BCUT2D eigenvalue weighted by atomic mass is 10.2. The number of ether oxygens (including phenoxy) is 1. The molecule has 0 spiro atoms. The maximum atomic E-state index is 11.6. The van der Waals surface area contributed by atoms with E-state index in [9.17, 15) is 4.79 Å². The fourth-order valence-electron chi connectivity index (χ4n) is 1.88. The van der Waals surface area contributed by atoms with Gasteiger partial charge in [-0.25, -0.2) is 0 Å². The number of hydrogen-bond donors (Lipinski definition) is 1. The van der Waals surface area contributed by atoms with Crippen molar-refractivity contribution in [2.45, 2.75) is 45.4 Å². The quantitative estimate of drug-likeness (QED) is 0.622. The number of amides is 1. The molecule has 0 heterocycles. The van der Waals surface area contributed by atoms with Gasteiger partial charge in [0.05, 0.1) is 11.6 Å². The van der Waals surface area contributed by atoms with Crippen LogP contribution in [0.1, 0.15) is 45.4 Å². The molecule has 0 fully saturated rings. The zero-order valence-corrected chi connectivity index (χ0v) is 14.0. The van der Waals surface area contributed by atoms with E-state index in [1.807, 2.05) is 0 Å². The van der Waals surface area contributed by atoms with Crippen molar-refractivity contribution in [3.63, 3.8) is 0 Å². The number of hydrogen-bond acceptors (Lipinski definition) is 2. The van der Waals surface area contributed by atoms with Gasteiger partial charge in [0.1, 0.15) is 5.75 Å². The first-order valence-corrected chi connectivity index (χ1v) is 8.23. The van der Waals surface area contributed by atoms with Gasteiger partial charge in [0.25, 0.3) is 0 Å². The first-order valence-electron chi connectivity index (χ1n) is 7.48. The Morgan fingerprint density at radius 3 is 2.71 bits per heavy atom. The Morgan fingerprint density at radius 2 is 2.00 bits per heavy atom. The summed E-state index contributed by atoms with van der Waals surface area (Å²) in [6.07, 6.45) is 5.80. The molecule has 1 amide bonds. The fraction of sp³-hybridized carbons (Fsp3) is 0.562. The van der Waals surface area contributed by atoms with Gasteiger partial charge in [-0.05, 0) is 31.0 Å². The molecule has 0 aliphatic heterocycles. The summed E-state index contributed by atoms with van der Waals surface area (Å²) in [5.74, 6) is 0.679. The molecule has 0 aliphatic rings. The number of carbonyl (C=O) groups is 1. The number of carbonyl (C=O) groups excluding carboxylic acids is 1. The molecule has 0 saturated heterocycles. The van der Waals surface area contributed by atoms with Crippen LogP contribution in [-0.4, -0.2) is 19.1 Å². The number of nitrogens with one attached hydrogen (secondary N) is 1. The van der Waals surface area contributed by atoms with Gasteiger partial charge in [-0.2, -0.15) is 0 Å². The van der Waals surface area contributed by atoms with Crippen molar-refractivity contribution in [1.29, 1.82) is 0 Å². The molecular weight excluding hydrogens is 309 g/mol. The van der Waals surface area contributed by atoms with E-state index in [1.165, 1.54) is 19.3 Å². The topological polar surface area (TPSA) is 38.3 Å². The third-order valence-electron chi connectivity index (χ3n) is 3.05. The molecule has 1 N–H and O–H groups in total. The van der Waals surface area contributed by atoms with Crippen molar-refractivity contribution in [2.24, 2.45) is 0 Å². The second-order valence-electron chi connectivity index (χ2n) is 4.94. The highest BCUT2D eigenvalue weighted by Crippen LogP contribution is 2.27. The van der Waals surface area contributed by atoms with Gasteiger partial charge in [-0.3, -0.25) is 4.79 Å². The van der Waals surface area contributed by atoms with E-state index in [1.54, 1.807) is 18.2 Å². The first kappa shape index (κ1) is 18.1. The molecule has 1 aromatic rings. The van der Waals surface area contributed by atoms with Gasteiger partial charge >= 0.3 is 0 Å². The Balaban J connectivity index is 2.09. The highest BCUT2D eigenvalue weighted by molar-refractivity contribution is 6.35. The number of unbranched alkanes of at least 4 members (excludes halogenated alkanes) is 3. The van der Waals surface area contributed by atoms with Gasteiger partial charge in [0, 0.05) is 18.0 Å². The van der Waals surface area contributed by atoms with E-state index in [-0.39, 0.29) is 5.91 Å². The molecule has 5 heteroatoms. The third kappa shape index (κ3) is 8.18. The molecule has 1 aromatic carbocycles. The maximum Gasteiger partial charge on any atom is 0.220 e. The average molecular weight is 332 g/mol. The molecule has 0 aliphatic carbocycles. The summed E-state index contributed by atoms with van der Waals surface area (Å²) in [5, 5.41) is 3.99. The predicted octanol–water partition coefficient (Wildman–Crippen LogP) is 4.85. The van der Waals surface area contributed by atoms with Gasteiger partial charge in [-0.15, -0.1) is 0 Å². The van der Waals surface area contributed by atoms with Gasteiger partial charge in [-0.1, -0.05) is 49.4 Å². The van der Waals surface area contributed by atoms with Crippen LogP contribution in [0.25, 0.3) is 0 Å². The highest BCUT2D eigenvalue weighted by Gasteiger charge is 2.04. The monoisotopic (exact) mass is 331 g/mol. The summed E-state index contributed by atoms with van der Waals surface area (Å²) in [7, 11) is 0. The average Bonchev–Trinajstić information content (AvgIpc) is 2.45. The molecule has 118 valence electrons. The van der Waals surface area contributed by atoms with Crippen LogP contribution in [0.3, 0.4) is 0 Å². The molecule has 1 rings (SSSR count). The number of halogens is 2. The summed E-state index contributed by atoms with van der Waals surface area (Å²) in [6.45, 7) is 3.40. The zero-order valence-electron chi connectivity index (χ0n) is 12.5. The van der Waals surface area contributed by atoms with Crippen LogP contribution >= 0.6 is 23.2 Å². The standard InChI is InChI=1S/C16H23Cl2NO2/c1-2-3-4-5-10-19-16(20)7-6-11-21-15-9-8-13(17)12-14(15)18/h8-9,12H,2-7,10-11H2,1H3,(H,19,20). The number of rotatable bonds is 10. The minimum Gasteiger partial charge on any atom is -0.492 e. The number of benzene rings is 1. The van der Waals surface area contributed by atoms with Crippen LogP contribution < -0.4 is 10.1 Å². The highest BCUT2D eigenvalue weighted by atomic mass is 35.5. The van der Waals surface area contributed by atoms with E-state index in [0.717, 1.165) is 13.0 Å². The van der Waals surface area contributed by atoms with Crippen LogP contribution in [0.2, 0.25) is 10.0 Å². The van der Waals surface area contributed by atoms with E-state index in [0.29, 0.717) is 35.2 Å². The smallest absolute Gasteiger partial charge is 0.220 e. The summed E-state index contributed by atoms with van der Waals surface area (Å²) < 4.78 is 5.53. The van der Waals surface area contributed by atoms with Crippen LogP contribution in [0.4, 0.5) is 0 Å². The summed E-state index contributed by atoms with van der Waals surface area (Å²) in [4.78, 5) is 11.6. The van der Waals surface area contributed by atoms with Crippen molar-refractivity contribution < 1.29 is 9.53 Å². The SMILES string of the molecule is CCCCCCNC(=O)CCCOc1ccc(Cl)cc1Cl. The molecule has 0 atom stereocenters. The van der Waals surface area contributed by atoms with Crippen LogP contribution in [0.15, 0.2) is 18.2 Å². The largest absolute Gasteiger partial charge is 0.492 e. The Bertz CT molecular complexity index is 438. The fourth-order valence-corrected chi connectivity index (χ4v) is 2.34. The van der Waals surface area contributed by atoms with Crippen LogP contribution in [0, 0.1) is 0 Å². The lowest BCUT2D eigenvalue weighted by molar-refractivity contribution is -0.121. The summed E-state index contributed by atoms with van der Waals surface area (Å²) in [5.41, 5.74) is 0. The molecule has 3 nitrogen and oxygen atoms in total. The van der Waals surface area contributed by atoms with Crippen LogP contribution in [0.5, 0.6) is 5.75 Å². The second-order valence-corrected chi connectivity index (χ2v) is 5.78. The first-order chi connectivity index (χ1) is 10.1. The van der Waals surface area contributed by atoms with Crippen molar-refractivity contribution in [3.05, 3.63) is 28.2 Å². The third-order valence-corrected chi connectivity index (χ3v) is 3.58. The molecule has 21 heavy (non-hydrogen) atoms. The normalized spacial score (nSPS) is 10.4. The van der Waals surface area contributed by atoms with E-state index < -0.39 is 0 Å². The summed E-state index contributed by atoms with van der Waals surface area (Å²) in [6, 6.07) is 5.10. The Hall–Kier alpha value is -0.930. The predicted molar refractivity (Wildman–Crippen MR) is 88.3 cm³/mol. The van der Waals surface area contributed by atoms with Crippen molar-refractivity contribution >= 4 is 29.1 Å².